The van der Waals surface area contributed by atoms with Crippen LogP contribution >= 0.6 is 23.2 Å². The van der Waals surface area contributed by atoms with Gasteiger partial charge in [-0.25, -0.2) is 8.42 Å². The molecule has 0 bridgehead atoms. The number of halogens is 2. The number of benzene rings is 2. The molecule has 0 radical (unpaired) electrons. The number of hydrogen-bond donors (Lipinski definition) is 0. The first-order valence-electron chi connectivity index (χ1n) is 5.35. The zero-order valence-electron chi connectivity index (χ0n) is 10.8. The Hall–Kier alpha value is -0.400. The molecule has 0 heterocycles. The van der Waals surface area contributed by atoms with Crippen LogP contribution in [0.4, 0.5) is 0 Å². The number of ketones is 1. The van der Waals surface area contributed by atoms with Gasteiger partial charge < -0.3 is 4.55 Å². The van der Waals surface area contributed by atoms with Gasteiger partial charge in [-0.3, -0.25) is 4.79 Å². The largest absolute Gasteiger partial charge is 1.00 e. The van der Waals surface area contributed by atoms with E-state index in [1.165, 1.54) is 30.3 Å². The van der Waals surface area contributed by atoms with Crippen LogP contribution in [0.3, 0.4) is 0 Å². The molecule has 0 unspecified atom stereocenters. The van der Waals surface area contributed by atoms with Gasteiger partial charge in [0.1, 0.15) is 10.1 Å². The maximum absolute atomic E-state index is 12.3. The quantitative estimate of drug-likeness (QED) is 0.447. The van der Waals surface area contributed by atoms with E-state index in [-0.39, 0.29) is 45.7 Å². The fourth-order valence-electron chi connectivity index (χ4n) is 1.62. The molecule has 0 aromatic heterocycles. The van der Waals surface area contributed by atoms with Crippen molar-refractivity contribution in [1.82, 2.24) is 0 Å². The molecule has 4 nitrogen and oxygen atoms in total. The fraction of sp³-hybridized carbons (Fsp3) is 0. The van der Waals surface area contributed by atoms with E-state index in [1.807, 2.05) is 0 Å². The van der Waals surface area contributed by atoms with Gasteiger partial charge in [-0.1, -0.05) is 35.3 Å². The summed E-state index contributed by atoms with van der Waals surface area (Å²) < 4.78 is 32.9. The molecule has 21 heavy (non-hydrogen) atoms. The summed E-state index contributed by atoms with van der Waals surface area (Å²) in [5, 5.41) is 0.514. The van der Waals surface area contributed by atoms with Crippen molar-refractivity contribution in [3.63, 3.8) is 0 Å². The minimum absolute atomic E-state index is 0. The Morgan fingerprint density at radius 2 is 1.71 bits per heavy atom. The monoisotopic (exact) mass is 352 g/mol. The second-order valence-corrected chi connectivity index (χ2v) is 6.16. The van der Waals surface area contributed by atoms with Gasteiger partial charge >= 0.3 is 29.6 Å². The SMILES string of the molecule is O=C(c1cccc(S(=O)(=O)[O-])c1)c1cc(Cl)ccc1Cl.[Na+]. The van der Waals surface area contributed by atoms with Crippen molar-refractivity contribution in [2.75, 3.05) is 0 Å². The van der Waals surface area contributed by atoms with Crippen LogP contribution in [0.1, 0.15) is 15.9 Å². The van der Waals surface area contributed by atoms with Gasteiger partial charge in [0.05, 0.1) is 9.92 Å². The van der Waals surface area contributed by atoms with Crippen molar-refractivity contribution in [2.24, 2.45) is 0 Å². The molecular weight excluding hydrogens is 346 g/mol. The Morgan fingerprint density at radius 3 is 2.33 bits per heavy atom. The Morgan fingerprint density at radius 1 is 1.05 bits per heavy atom. The van der Waals surface area contributed by atoms with E-state index in [1.54, 1.807) is 0 Å². The summed E-state index contributed by atoms with van der Waals surface area (Å²) in [6.07, 6.45) is 0. The molecule has 0 N–H and O–H groups in total. The predicted molar refractivity (Wildman–Crippen MR) is 74.3 cm³/mol. The Kier molecular flexibility index (Phi) is 6.43. The molecule has 0 aliphatic rings. The first-order valence-corrected chi connectivity index (χ1v) is 7.51. The van der Waals surface area contributed by atoms with Gasteiger partial charge in [0, 0.05) is 16.1 Å². The normalized spacial score (nSPS) is 10.8. The number of rotatable bonds is 3. The minimum atomic E-state index is -4.62. The molecule has 0 aliphatic heterocycles. The summed E-state index contributed by atoms with van der Waals surface area (Å²) >= 11 is 11.7. The Bertz CT molecular complexity index is 791. The summed E-state index contributed by atoms with van der Waals surface area (Å²) in [6.45, 7) is 0. The van der Waals surface area contributed by atoms with Crippen molar-refractivity contribution < 1.29 is 47.3 Å². The summed E-state index contributed by atoms with van der Waals surface area (Å²) in [5.74, 6) is -0.511. The van der Waals surface area contributed by atoms with Crippen LogP contribution in [0.25, 0.3) is 0 Å². The van der Waals surface area contributed by atoms with Crippen molar-refractivity contribution in [3.05, 3.63) is 63.6 Å². The van der Waals surface area contributed by atoms with Crippen LogP contribution in [0, 0.1) is 0 Å². The van der Waals surface area contributed by atoms with E-state index in [4.69, 9.17) is 23.2 Å². The zero-order valence-corrected chi connectivity index (χ0v) is 15.2. The molecule has 2 rings (SSSR count). The average molecular weight is 353 g/mol. The molecule has 0 amide bonds. The Balaban J connectivity index is 0.00000220. The molecule has 2 aromatic rings. The minimum Gasteiger partial charge on any atom is -0.744 e. The number of carbonyl (C=O) groups excluding carboxylic acids is 1. The maximum atomic E-state index is 12.3. The smallest absolute Gasteiger partial charge is 0.744 e. The van der Waals surface area contributed by atoms with E-state index >= 15 is 0 Å². The molecule has 104 valence electrons. The summed E-state index contributed by atoms with van der Waals surface area (Å²) in [6, 6.07) is 9.22. The predicted octanol–water partition coefficient (Wildman–Crippen LogP) is 0.133. The zero-order chi connectivity index (χ0) is 14.9. The van der Waals surface area contributed by atoms with Crippen LogP contribution in [0.15, 0.2) is 47.4 Å². The number of carbonyl (C=O) groups is 1. The molecule has 0 spiro atoms. The first kappa shape index (κ1) is 18.6. The molecule has 0 saturated carbocycles. The second kappa shape index (κ2) is 7.24. The van der Waals surface area contributed by atoms with Crippen LogP contribution in [0.5, 0.6) is 0 Å². The van der Waals surface area contributed by atoms with Crippen molar-refractivity contribution in [2.45, 2.75) is 4.90 Å². The van der Waals surface area contributed by atoms with E-state index in [0.29, 0.717) is 5.02 Å². The fourth-order valence-corrected chi connectivity index (χ4v) is 2.51. The molecule has 0 saturated heterocycles. The van der Waals surface area contributed by atoms with Crippen molar-refractivity contribution in [3.8, 4) is 0 Å². The molecular formula is C13H7Cl2NaO4S. The summed E-state index contributed by atoms with van der Waals surface area (Å²) in [7, 11) is -4.62. The van der Waals surface area contributed by atoms with Gasteiger partial charge in [0.2, 0.25) is 0 Å². The van der Waals surface area contributed by atoms with E-state index < -0.39 is 20.8 Å². The topological polar surface area (TPSA) is 74.3 Å². The standard InChI is InChI=1S/C13H8Cl2O4S.Na/c14-9-4-5-12(15)11(7-9)13(16)8-2-1-3-10(6-8)20(17,18)19;/h1-7H,(H,17,18,19);/q;+1/p-1. The Labute approximate surface area is 154 Å². The van der Waals surface area contributed by atoms with Gasteiger partial charge in [0.25, 0.3) is 0 Å². The van der Waals surface area contributed by atoms with Gasteiger partial charge in [0.15, 0.2) is 5.78 Å². The molecule has 8 heteroatoms. The third-order valence-corrected chi connectivity index (χ3v) is 3.95. The summed E-state index contributed by atoms with van der Waals surface area (Å²) in [4.78, 5) is 11.8. The second-order valence-electron chi connectivity index (χ2n) is 3.94. The molecule has 0 fully saturated rings. The van der Waals surface area contributed by atoms with Gasteiger partial charge in [-0.05, 0) is 30.3 Å². The van der Waals surface area contributed by atoms with Gasteiger partial charge in [-0.15, -0.1) is 0 Å². The van der Waals surface area contributed by atoms with Gasteiger partial charge in [-0.2, -0.15) is 0 Å². The van der Waals surface area contributed by atoms with Crippen molar-refractivity contribution >= 4 is 39.1 Å². The van der Waals surface area contributed by atoms with Crippen LogP contribution in [-0.4, -0.2) is 18.8 Å². The van der Waals surface area contributed by atoms with Crippen LogP contribution in [0.2, 0.25) is 10.0 Å². The van der Waals surface area contributed by atoms with E-state index in [2.05, 4.69) is 0 Å². The molecule has 0 atom stereocenters. The van der Waals surface area contributed by atoms with Crippen LogP contribution in [-0.2, 0) is 10.1 Å². The average Bonchev–Trinajstić information content (AvgIpc) is 2.40. The molecule has 2 aromatic carbocycles. The van der Waals surface area contributed by atoms with Crippen LogP contribution < -0.4 is 29.6 Å². The van der Waals surface area contributed by atoms with Crippen molar-refractivity contribution in [1.29, 1.82) is 0 Å². The third kappa shape index (κ3) is 4.53. The summed E-state index contributed by atoms with van der Waals surface area (Å²) in [5.41, 5.74) is 0.186. The van der Waals surface area contributed by atoms with E-state index in [0.717, 1.165) is 12.1 Å². The van der Waals surface area contributed by atoms with E-state index in [9.17, 15) is 17.8 Å². The first-order chi connectivity index (χ1) is 9.29. The molecule has 0 aliphatic carbocycles. The maximum Gasteiger partial charge on any atom is 1.00 e. The third-order valence-electron chi connectivity index (χ3n) is 2.56. The number of hydrogen-bond acceptors (Lipinski definition) is 4.